The van der Waals surface area contributed by atoms with E-state index >= 15 is 0 Å². The third-order valence-corrected chi connectivity index (χ3v) is 6.02. The number of aliphatic imine (C=N–C) groups is 1. The Labute approximate surface area is 171 Å². The third-order valence-electron chi connectivity index (χ3n) is 6.02. The molecule has 2 aromatic rings. The van der Waals surface area contributed by atoms with Crippen LogP contribution in [0.4, 0.5) is 15.0 Å². The fraction of sp³-hybridized carbons (Fsp3) is 0.450. The summed E-state index contributed by atoms with van der Waals surface area (Å²) < 4.78 is 21.3. The molecule has 10 heteroatoms. The second-order valence-corrected chi connectivity index (χ2v) is 7.79. The Morgan fingerprint density at radius 1 is 1.30 bits per heavy atom. The minimum atomic E-state index is -0.545. The maximum absolute atomic E-state index is 14.5. The van der Waals surface area contributed by atoms with Crippen molar-refractivity contribution in [3.63, 3.8) is 0 Å². The number of aromatic nitrogens is 3. The van der Waals surface area contributed by atoms with Gasteiger partial charge in [-0.2, -0.15) is 5.10 Å². The fourth-order valence-corrected chi connectivity index (χ4v) is 4.44. The smallest absolute Gasteiger partial charge is 0.415 e. The van der Waals surface area contributed by atoms with E-state index in [2.05, 4.69) is 20.4 Å². The Morgan fingerprint density at radius 3 is 3.03 bits per heavy atom. The van der Waals surface area contributed by atoms with Gasteiger partial charge in [0, 0.05) is 30.3 Å². The van der Waals surface area contributed by atoms with Gasteiger partial charge in [0.15, 0.2) is 5.65 Å². The molecule has 1 saturated heterocycles. The molecule has 0 aliphatic carbocycles. The highest BCUT2D eigenvalue weighted by Gasteiger charge is 2.46. The molecule has 156 valence electrons. The molecule has 1 N–H and O–H groups in total. The molecule has 3 aliphatic rings. The quantitative estimate of drug-likeness (QED) is 0.716. The zero-order valence-electron chi connectivity index (χ0n) is 16.4. The Balaban J connectivity index is 1.64. The van der Waals surface area contributed by atoms with Gasteiger partial charge < -0.3 is 10.1 Å². The molecule has 2 amide bonds. The maximum Gasteiger partial charge on any atom is 0.415 e. The van der Waals surface area contributed by atoms with Crippen molar-refractivity contribution < 1.29 is 18.7 Å². The van der Waals surface area contributed by atoms with E-state index in [-0.39, 0.29) is 24.3 Å². The van der Waals surface area contributed by atoms with Gasteiger partial charge in [-0.1, -0.05) is 6.92 Å². The number of anilines is 1. The SMILES string of the molecule is CC1C(F)=CN=C2CCCCNC(=O)c3cnn4ccc(nc34)N3C(=O)OC[C@@H]3C21. The van der Waals surface area contributed by atoms with Crippen molar-refractivity contribution in [2.45, 2.75) is 32.2 Å². The van der Waals surface area contributed by atoms with Crippen LogP contribution in [-0.4, -0.2) is 51.5 Å². The van der Waals surface area contributed by atoms with E-state index < -0.39 is 18.1 Å². The van der Waals surface area contributed by atoms with E-state index in [9.17, 15) is 14.0 Å². The van der Waals surface area contributed by atoms with Crippen LogP contribution in [0.15, 0.2) is 35.5 Å². The van der Waals surface area contributed by atoms with Gasteiger partial charge in [0.1, 0.15) is 23.8 Å². The molecule has 0 aromatic carbocycles. The molecule has 3 atom stereocenters. The summed E-state index contributed by atoms with van der Waals surface area (Å²) in [4.78, 5) is 35.6. The van der Waals surface area contributed by atoms with E-state index in [1.807, 2.05) is 0 Å². The van der Waals surface area contributed by atoms with Gasteiger partial charge in [-0.3, -0.25) is 14.7 Å². The number of nitrogens with zero attached hydrogens (tertiary/aromatic N) is 5. The van der Waals surface area contributed by atoms with E-state index in [4.69, 9.17) is 4.74 Å². The lowest BCUT2D eigenvalue weighted by molar-refractivity contribution is 0.0954. The van der Waals surface area contributed by atoms with Gasteiger partial charge in [0.25, 0.3) is 5.91 Å². The summed E-state index contributed by atoms with van der Waals surface area (Å²) in [6.07, 6.45) is 6.01. The van der Waals surface area contributed by atoms with Crippen molar-refractivity contribution in [1.29, 1.82) is 0 Å². The molecule has 5 heterocycles. The van der Waals surface area contributed by atoms with E-state index in [1.54, 1.807) is 19.2 Å². The second kappa shape index (κ2) is 7.19. The number of fused-ring (bicyclic) bond motifs is 5. The molecule has 2 unspecified atom stereocenters. The topological polar surface area (TPSA) is 101 Å². The van der Waals surface area contributed by atoms with Crippen molar-refractivity contribution in [3.05, 3.63) is 36.1 Å². The number of nitrogens with one attached hydrogen (secondary N) is 1. The number of allylic oxidation sites excluding steroid dienone is 1. The predicted octanol–water partition coefficient (Wildman–Crippen LogP) is 2.49. The summed E-state index contributed by atoms with van der Waals surface area (Å²) in [7, 11) is 0. The van der Waals surface area contributed by atoms with Crippen molar-refractivity contribution in [2.24, 2.45) is 16.8 Å². The van der Waals surface area contributed by atoms with E-state index in [1.165, 1.54) is 21.8 Å². The Bertz CT molecular complexity index is 1090. The largest absolute Gasteiger partial charge is 0.447 e. The van der Waals surface area contributed by atoms with Gasteiger partial charge in [-0.05, 0) is 25.3 Å². The number of hydrogen-bond acceptors (Lipinski definition) is 6. The second-order valence-electron chi connectivity index (χ2n) is 7.79. The van der Waals surface area contributed by atoms with E-state index in [0.29, 0.717) is 30.0 Å². The molecule has 2 bridgehead atoms. The van der Waals surface area contributed by atoms with Crippen LogP contribution < -0.4 is 10.2 Å². The molecule has 0 radical (unpaired) electrons. The average molecular weight is 412 g/mol. The average Bonchev–Trinajstić information content (AvgIpc) is 3.32. The molecule has 3 aliphatic heterocycles. The number of cyclic esters (lactones) is 1. The van der Waals surface area contributed by atoms with Gasteiger partial charge in [-0.15, -0.1) is 0 Å². The molecule has 30 heavy (non-hydrogen) atoms. The highest BCUT2D eigenvalue weighted by Crippen LogP contribution is 2.37. The van der Waals surface area contributed by atoms with Crippen LogP contribution in [0.2, 0.25) is 0 Å². The molecule has 2 aromatic heterocycles. The molecular formula is C20H21FN6O3. The highest BCUT2D eigenvalue weighted by molar-refractivity contribution is 6.00. The number of amides is 2. The third kappa shape index (κ3) is 2.94. The normalized spacial score (nSPS) is 27.0. The number of carbonyl (C=O) groups is 2. The minimum absolute atomic E-state index is 0.125. The van der Waals surface area contributed by atoms with E-state index in [0.717, 1.165) is 18.6 Å². The van der Waals surface area contributed by atoms with Crippen LogP contribution in [0.1, 0.15) is 36.5 Å². The first-order valence-corrected chi connectivity index (χ1v) is 10.1. The number of carbonyl (C=O) groups excluding carboxylic acids is 2. The molecule has 0 spiro atoms. The van der Waals surface area contributed by atoms with Gasteiger partial charge >= 0.3 is 6.09 Å². The lowest BCUT2D eigenvalue weighted by Gasteiger charge is -2.34. The maximum atomic E-state index is 14.5. The Kier molecular flexibility index (Phi) is 4.48. The van der Waals surface area contributed by atoms with Crippen molar-refractivity contribution in [1.82, 2.24) is 19.9 Å². The summed E-state index contributed by atoms with van der Waals surface area (Å²) in [6.45, 7) is 2.44. The van der Waals surface area contributed by atoms with Crippen molar-refractivity contribution in [3.8, 4) is 0 Å². The monoisotopic (exact) mass is 412 g/mol. The van der Waals surface area contributed by atoms with Crippen LogP contribution in [0, 0.1) is 11.8 Å². The van der Waals surface area contributed by atoms with Gasteiger partial charge in [0.2, 0.25) is 0 Å². The summed E-state index contributed by atoms with van der Waals surface area (Å²) in [6, 6.07) is 1.20. The Morgan fingerprint density at radius 2 is 2.17 bits per heavy atom. The number of ether oxygens (including phenoxy) is 1. The van der Waals surface area contributed by atoms with Crippen LogP contribution in [0.3, 0.4) is 0 Å². The van der Waals surface area contributed by atoms with Crippen molar-refractivity contribution in [2.75, 3.05) is 18.1 Å². The highest BCUT2D eigenvalue weighted by atomic mass is 19.1. The van der Waals surface area contributed by atoms with Gasteiger partial charge in [0.05, 0.1) is 18.4 Å². The standard InChI is InChI=1S/C20H21FN6O3/c1-11-13(21)9-23-14-4-2-3-6-22-19(28)12-8-24-26-7-5-16(25-18(12)26)27-15(17(11)14)10-30-20(27)29/h5,7-9,11,15,17H,2-4,6,10H2,1H3,(H,22,28)/t11?,15-,17?/m1/s1. The fourth-order valence-electron chi connectivity index (χ4n) is 4.44. The van der Waals surface area contributed by atoms with Crippen LogP contribution >= 0.6 is 0 Å². The summed E-state index contributed by atoms with van der Waals surface area (Å²) in [5, 5.41) is 7.06. The Hall–Kier alpha value is -3.30. The van der Waals surface area contributed by atoms with Gasteiger partial charge in [-0.25, -0.2) is 18.7 Å². The first kappa shape index (κ1) is 18.7. The van der Waals surface area contributed by atoms with Crippen molar-refractivity contribution >= 4 is 29.2 Å². The number of rotatable bonds is 0. The summed E-state index contributed by atoms with van der Waals surface area (Å²) >= 11 is 0. The zero-order chi connectivity index (χ0) is 20.8. The number of halogens is 1. The lowest BCUT2D eigenvalue weighted by Crippen LogP contribution is -2.46. The predicted molar refractivity (Wildman–Crippen MR) is 106 cm³/mol. The molecule has 1 fully saturated rings. The first-order valence-electron chi connectivity index (χ1n) is 10.1. The minimum Gasteiger partial charge on any atom is -0.447 e. The number of hydrogen-bond donors (Lipinski definition) is 1. The molecule has 0 saturated carbocycles. The first-order chi connectivity index (χ1) is 14.5. The summed E-state index contributed by atoms with van der Waals surface area (Å²) in [5.74, 6) is -0.984. The van der Waals surface area contributed by atoms with Crippen LogP contribution in [-0.2, 0) is 4.74 Å². The molecular weight excluding hydrogens is 391 g/mol. The lowest BCUT2D eigenvalue weighted by atomic mass is 9.79. The van der Waals surface area contributed by atoms with Crippen LogP contribution in [0.5, 0.6) is 0 Å². The summed E-state index contributed by atoms with van der Waals surface area (Å²) in [5.41, 5.74) is 1.52. The molecule has 9 nitrogen and oxygen atoms in total. The zero-order valence-corrected chi connectivity index (χ0v) is 16.4. The molecule has 5 rings (SSSR count). The van der Waals surface area contributed by atoms with Crippen LogP contribution in [0.25, 0.3) is 5.65 Å².